The molecule has 3 aromatic rings. The van der Waals surface area contributed by atoms with Gasteiger partial charge in [-0.05, 0) is 46.2 Å². The van der Waals surface area contributed by atoms with Crippen LogP contribution in [0.4, 0.5) is 0 Å². The maximum atomic E-state index is 2.51. The number of fused-ring (bicyclic) bond motifs is 3. The van der Waals surface area contributed by atoms with Crippen LogP contribution in [0.3, 0.4) is 0 Å². The van der Waals surface area contributed by atoms with E-state index in [2.05, 4.69) is 106 Å². The van der Waals surface area contributed by atoms with Crippen molar-refractivity contribution < 1.29 is 0 Å². The molecule has 3 aromatic carbocycles. The number of hydrogen-bond donors (Lipinski definition) is 0. The van der Waals surface area contributed by atoms with Gasteiger partial charge in [0.15, 0.2) is 0 Å². The van der Waals surface area contributed by atoms with Crippen molar-refractivity contribution in [1.82, 2.24) is 0 Å². The summed E-state index contributed by atoms with van der Waals surface area (Å²) >= 11 is 0. The summed E-state index contributed by atoms with van der Waals surface area (Å²) in [6.07, 6.45) is 0. The molecular formula is C24H27PSi. The van der Waals surface area contributed by atoms with E-state index in [0.717, 1.165) is 0 Å². The van der Waals surface area contributed by atoms with Crippen LogP contribution in [0.5, 0.6) is 0 Å². The number of benzene rings is 3. The Labute approximate surface area is 158 Å². The molecule has 4 rings (SSSR count). The van der Waals surface area contributed by atoms with Gasteiger partial charge in [0, 0.05) is 0 Å². The molecule has 1 aliphatic carbocycles. The second-order valence-electron chi connectivity index (χ2n) is 8.66. The molecule has 0 bridgehead atoms. The Morgan fingerprint density at radius 2 is 1.00 bits per heavy atom. The van der Waals surface area contributed by atoms with E-state index in [0.29, 0.717) is 0 Å². The average Bonchev–Trinajstić information content (AvgIpc) is 2.96. The lowest BCUT2D eigenvalue weighted by atomic mass is 10.1. The number of hydrogen-bond acceptors (Lipinski definition) is 0. The highest BCUT2D eigenvalue weighted by Crippen LogP contribution is 2.49. The molecule has 0 spiro atoms. The van der Waals surface area contributed by atoms with Crippen molar-refractivity contribution in [2.75, 3.05) is 13.3 Å². The monoisotopic (exact) mass is 374 g/mol. The van der Waals surface area contributed by atoms with Crippen LogP contribution in [-0.4, -0.2) is 26.7 Å². The standard InChI is InChI=1S/C24H27PSi/c1-25(2,22-16-10-11-17-23(22)26(3,4)5)24-20-14-8-6-12-18(20)19-13-7-9-15-21(19)24/h6-17H,1-5H3. The fraction of sp³-hybridized carbons (Fsp3) is 0.208. The van der Waals surface area contributed by atoms with E-state index in [9.17, 15) is 0 Å². The molecule has 0 aromatic heterocycles. The third kappa shape index (κ3) is 2.66. The second-order valence-corrected chi connectivity index (χ2v) is 17.5. The summed E-state index contributed by atoms with van der Waals surface area (Å²) in [4.78, 5) is 0. The predicted molar refractivity (Wildman–Crippen MR) is 123 cm³/mol. The van der Waals surface area contributed by atoms with Gasteiger partial charge in [-0.15, -0.1) is 0 Å². The molecule has 0 unspecified atom stereocenters. The van der Waals surface area contributed by atoms with Crippen LogP contribution in [0.25, 0.3) is 11.1 Å². The Bertz CT molecular complexity index is 1000. The lowest BCUT2D eigenvalue weighted by Crippen LogP contribution is -2.46. The summed E-state index contributed by atoms with van der Waals surface area (Å²) in [6, 6.07) is 27.2. The van der Waals surface area contributed by atoms with Crippen molar-refractivity contribution in [3.05, 3.63) is 83.9 Å². The predicted octanol–water partition coefficient (Wildman–Crippen LogP) is 5.38. The molecule has 0 atom stereocenters. The zero-order valence-corrected chi connectivity index (χ0v) is 18.3. The largest absolute Gasteiger partial charge is 0.0784 e. The third-order valence-corrected chi connectivity index (χ3v) is 11.0. The fourth-order valence-electron chi connectivity index (χ4n) is 4.31. The minimum Gasteiger partial charge on any atom is -0.0747 e. The molecule has 0 fully saturated rings. The molecule has 1 aliphatic rings. The zero-order valence-electron chi connectivity index (χ0n) is 16.4. The van der Waals surface area contributed by atoms with Crippen LogP contribution < -0.4 is 10.5 Å². The molecule has 0 nitrogen and oxygen atoms in total. The first kappa shape index (κ1) is 17.6. The van der Waals surface area contributed by atoms with Gasteiger partial charge in [0.1, 0.15) is 0 Å². The summed E-state index contributed by atoms with van der Waals surface area (Å²) in [7, 11) is -1.41. The van der Waals surface area contributed by atoms with Crippen molar-refractivity contribution in [3.63, 3.8) is 0 Å². The maximum Gasteiger partial charge on any atom is 0.0784 e. The van der Waals surface area contributed by atoms with E-state index in [4.69, 9.17) is 0 Å². The topological polar surface area (TPSA) is 0 Å². The molecule has 0 saturated carbocycles. The molecule has 0 saturated heterocycles. The van der Waals surface area contributed by atoms with Gasteiger partial charge >= 0.3 is 0 Å². The lowest BCUT2D eigenvalue weighted by Gasteiger charge is -2.29. The van der Waals surface area contributed by atoms with E-state index in [-0.39, 0.29) is 0 Å². The normalized spacial score (nSPS) is 13.5. The SMILES string of the molecule is C[Si](C)(C)c1ccccc1P(C)(C)=C1c2ccccc2-c2ccccc21. The molecule has 2 heteroatoms. The van der Waals surface area contributed by atoms with Gasteiger partial charge < -0.3 is 0 Å². The van der Waals surface area contributed by atoms with Crippen molar-refractivity contribution in [2.45, 2.75) is 19.6 Å². The highest BCUT2D eigenvalue weighted by atomic mass is 31.2. The van der Waals surface area contributed by atoms with E-state index in [1.54, 1.807) is 15.8 Å². The summed E-state index contributed by atoms with van der Waals surface area (Å²) < 4.78 is 0. The average molecular weight is 375 g/mol. The third-order valence-electron chi connectivity index (χ3n) is 5.53. The van der Waals surface area contributed by atoms with Gasteiger partial charge in [-0.1, -0.05) is 105 Å². The quantitative estimate of drug-likeness (QED) is 0.326. The highest BCUT2D eigenvalue weighted by Gasteiger charge is 2.31. The maximum absolute atomic E-state index is 2.51. The lowest BCUT2D eigenvalue weighted by molar-refractivity contribution is 1.65. The van der Waals surface area contributed by atoms with Crippen LogP contribution >= 0.6 is 6.89 Å². The molecule has 132 valence electrons. The Hall–Kier alpha value is -1.82. The van der Waals surface area contributed by atoms with Crippen LogP contribution in [0, 0.1) is 0 Å². The molecule has 0 N–H and O–H groups in total. The van der Waals surface area contributed by atoms with Gasteiger partial charge in [-0.2, -0.15) is 0 Å². The fourth-order valence-corrected chi connectivity index (χ4v) is 10.6. The molecule has 0 aliphatic heterocycles. The first-order valence-corrected chi connectivity index (χ1v) is 15.5. The summed E-state index contributed by atoms with van der Waals surface area (Å²) in [5, 5.41) is 4.79. The first-order valence-electron chi connectivity index (χ1n) is 9.32. The molecule has 0 amide bonds. The second kappa shape index (κ2) is 6.11. The minimum atomic E-state index is -1.49. The van der Waals surface area contributed by atoms with Crippen molar-refractivity contribution in [3.8, 4) is 11.1 Å². The molecular weight excluding hydrogens is 347 g/mol. The van der Waals surface area contributed by atoms with E-state index in [1.165, 1.54) is 22.3 Å². The van der Waals surface area contributed by atoms with Gasteiger partial charge in [-0.3, -0.25) is 0 Å². The summed E-state index contributed by atoms with van der Waals surface area (Å²) in [6.45, 7) is 10.9. The summed E-state index contributed by atoms with van der Waals surface area (Å²) in [5.41, 5.74) is 5.68. The smallest absolute Gasteiger partial charge is 0.0747 e. The zero-order chi connectivity index (χ0) is 18.5. The summed E-state index contributed by atoms with van der Waals surface area (Å²) in [5.74, 6) is 0. The van der Waals surface area contributed by atoms with Crippen molar-refractivity contribution >= 4 is 30.7 Å². The number of rotatable bonds is 2. The van der Waals surface area contributed by atoms with E-state index >= 15 is 0 Å². The van der Waals surface area contributed by atoms with Gasteiger partial charge in [0.25, 0.3) is 0 Å². The van der Waals surface area contributed by atoms with Crippen LogP contribution in [0.15, 0.2) is 72.8 Å². The minimum absolute atomic E-state index is 1.40. The molecule has 26 heavy (non-hydrogen) atoms. The van der Waals surface area contributed by atoms with Crippen molar-refractivity contribution in [1.29, 1.82) is 0 Å². The molecule has 0 heterocycles. The Balaban J connectivity index is 2.13. The van der Waals surface area contributed by atoms with E-state index in [1.807, 2.05) is 0 Å². The first-order chi connectivity index (χ1) is 12.3. The van der Waals surface area contributed by atoms with Crippen LogP contribution in [0.2, 0.25) is 19.6 Å². The van der Waals surface area contributed by atoms with Crippen molar-refractivity contribution in [2.24, 2.45) is 0 Å². The van der Waals surface area contributed by atoms with Crippen LogP contribution in [0.1, 0.15) is 11.1 Å². The van der Waals surface area contributed by atoms with Gasteiger partial charge in [-0.25, -0.2) is 0 Å². The Morgan fingerprint density at radius 3 is 1.50 bits per heavy atom. The highest BCUT2D eigenvalue weighted by molar-refractivity contribution is 7.83. The molecule has 0 radical (unpaired) electrons. The van der Waals surface area contributed by atoms with E-state index < -0.39 is 15.0 Å². The van der Waals surface area contributed by atoms with Gasteiger partial charge in [0.05, 0.1) is 8.07 Å². The Kier molecular flexibility index (Phi) is 4.14. The Morgan fingerprint density at radius 1 is 0.577 bits per heavy atom. The van der Waals surface area contributed by atoms with Gasteiger partial charge in [0.2, 0.25) is 0 Å². The van der Waals surface area contributed by atoms with Crippen LogP contribution in [-0.2, 0) is 0 Å².